The molecule has 24 heavy (non-hydrogen) atoms. The second kappa shape index (κ2) is 6.81. The van der Waals surface area contributed by atoms with Crippen LogP contribution in [0.15, 0.2) is 73.2 Å². The van der Waals surface area contributed by atoms with Crippen molar-refractivity contribution < 1.29 is 0 Å². The molecule has 0 fully saturated rings. The van der Waals surface area contributed by atoms with Gasteiger partial charge in [0.25, 0.3) is 0 Å². The van der Waals surface area contributed by atoms with Crippen LogP contribution in [-0.2, 0) is 6.42 Å². The molecule has 3 nitrogen and oxygen atoms in total. The third-order valence-electron chi connectivity index (χ3n) is 3.96. The van der Waals surface area contributed by atoms with Gasteiger partial charge in [-0.15, -0.1) is 0 Å². The van der Waals surface area contributed by atoms with Gasteiger partial charge in [-0.3, -0.25) is 4.98 Å². The maximum Gasteiger partial charge on any atom is 0.183 e. The van der Waals surface area contributed by atoms with Crippen LogP contribution in [0.4, 0.5) is 5.13 Å². The van der Waals surface area contributed by atoms with Crippen molar-refractivity contribution in [2.75, 3.05) is 11.9 Å². The molecule has 2 heterocycles. The summed E-state index contributed by atoms with van der Waals surface area (Å²) in [4.78, 5) is 9.83. The van der Waals surface area contributed by atoms with Crippen LogP contribution in [0.2, 0.25) is 0 Å². The molecule has 4 heteroatoms. The normalized spacial score (nSPS) is 10.8. The predicted molar refractivity (Wildman–Crippen MR) is 101 cm³/mol. The van der Waals surface area contributed by atoms with E-state index in [1.165, 1.54) is 21.4 Å². The van der Waals surface area contributed by atoms with Gasteiger partial charge in [0.2, 0.25) is 0 Å². The molecule has 4 aromatic rings. The lowest BCUT2D eigenvalue weighted by atomic mass is 10.1. The van der Waals surface area contributed by atoms with Gasteiger partial charge in [-0.05, 0) is 35.1 Å². The summed E-state index contributed by atoms with van der Waals surface area (Å²) >= 11 is 1.69. The number of thiazole rings is 1. The van der Waals surface area contributed by atoms with E-state index in [2.05, 4.69) is 57.7 Å². The fourth-order valence-corrected chi connectivity index (χ4v) is 3.52. The van der Waals surface area contributed by atoms with Crippen molar-refractivity contribution in [1.82, 2.24) is 9.97 Å². The summed E-state index contributed by atoms with van der Waals surface area (Å²) in [5.74, 6) is 0. The Labute approximate surface area is 145 Å². The molecule has 0 aliphatic rings. The summed E-state index contributed by atoms with van der Waals surface area (Å²) in [5.41, 5.74) is 2.53. The topological polar surface area (TPSA) is 37.8 Å². The number of nitrogens with one attached hydrogen (secondary N) is 1. The number of nitrogens with zero attached hydrogens (tertiary/aromatic N) is 2. The van der Waals surface area contributed by atoms with E-state index in [1.54, 1.807) is 11.3 Å². The number of aromatic nitrogens is 2. The molecular weight excluding hydrogens is 314 g/mol. The Balaban J connectivity index is 1.45. The number of fused-ring (bicyclic) bond motifs is 1. The first kappa shape index (κ1) is 14.8. The van der Waals surface area contributed by atoms with Crippen LogP contribution in [0.5, 0.6) is 0 Å². The number of pyridine rings is 1. The molecule has 118 valence electrons. The molecule has 0 unspecified atom stereocenters. The van der Waals surface area contributed by atoms with Crippen LogP contribution in [0.3, 0.4) is 0 Å². The molecule has 4 rings (SSSR count). The van der Waals surface area contributed by atoms with E-state index in [0.29, 0.717) is 0 Å². The minimum Gasteiger partial charge on any atom is -0.361 e. The molecule has 2 aromatic heterocycles. The van der Waals surface area contributed by atoms with Crippen molar-refractivity contribution >= 4 is 27.2 Å². The van der Waals surface area contributed by atoms with Gasteiger partial charge >= 0.3 is 0 Å². The zero-order chi connectivity index (χ0) is 16.2. The lowest BCUT2D eigenvalue weighted by molar-refractivity contribution is 1.02. The molecule has 0 aliphatic carbocycles. The fraction of sp³-hybridized carbons (Fsp3) is 0.100. The average molecular weight is 331 g/mol. The summed E-state index contributed by atoms with van der Waals surface area (Å²) in [7, 11) is 0. The van der Waals surface area contributed by atoms with Crippen LogP contribution < -0.4 is 5.32 Å². The standard InChI is InChI=1S/C20H17N3S/c1-2-4-15(5-3-1)8-11-22-20-23-14-19(24-20)17-6-7-18-13-21-10-9-16(18)12-17/h1-7,9-10,12-14H,8,11H2,(H,22,23). The lowest BCUT2D eigenvalue weighted by Crippen LogP contribution is -2.03. The van der Waals surface area contributed by atoms with Crippen molar-refractivity contribution in [1.29, 1.82) is 0 Å². The van der Waals surface area contributed by atoms with E-state index in [1.807, 2.05) is 30.7 Å². The molecule has 0 aliphatic heterocycles. The first-order chi connectivity index (χ1) is 11.9. The minimum atomic E-state index is 0.889. The maximum atomic E-state index is 4.50. The highest BCUT2D eigenvalue weighted by Crippen LogP contribution is 2.30. The van der Waals surface area contributed by atoms with E-state index in [-0.39, 0.29) is 0 Å². The number of anilines is 1. The quantitative estimate of drug-likeness (QED) is 0.558. The number of hydrogen-bond acceptors (Lipinski definition) is 4. The molecule has 0 atom stereocenters. The van der Waals surface area contributed by atoms with E-state index >= 15 is 0 Å². The maximum absolute atomic E-state index is 4.50. The van der Waals surface area contributed by atoms with Crippen LogP contribution in [0.1, 0.15) is 5.56 Å². The Bertz CT molecular complexity index is 947. The molecule has 2 aromatic carbocycles. The zero-order valence-electron chi connectivity index (χ0n) is 13.1. The summed E-state index contributed by atoms with van der Waals surface area (Å²) < 4.78 is 0. The highest BCUT2D eigenvalue weighted by atomic mass is 32.1. The van der Waals surface area contributed by atoms with Crippen LogP contribution in [-0.4, -0.2) is 16.5 Å². The Morgan fingerprint density at radius 2 is 1.83 bits per heavy atom. The number of benzene rings is 2. The van der Waals surface area contributed by atoms with Gasteiger partial charge in [-0.1, -0.05) is 53.8 Å². The Hall–Kier alpha value is -2.72. The first-order valence-corrected chi connectivity index (χ1v) is 8.78. The smallest absolute Gasteiger partial charge is 0.183 e. The van der Waals surface area contributed by atoms with E-state index < -0.39 is 0 Å². The monoisotopic (exact) mass is 331 g/mol. The average Bonchev–Trinajstić information content (AvgIpc) is 3.11. The highest BCUT2D eigenvalue weighted by molar-refractivity contribution is 7.18. The molecular formula is C20H17N3S. The van der Waals surface area contributed by atoms with Gasteiger partial charge < -0.3 is 5.32 Å². The van der Waals surface area contributed by atoms with Gasteiger partial charge in [-0.25, -0.2) is 4.98 Å². The third kappa shape index (κ3) is 3.29. The summed E-state index contributed by atoms with van der Waals surface area (Å²) in [6, 6.07) is 19.0. The second-order valence-electron chi connectivity index (χ2n) is 5.63. The Morgan fingerprint density at radius 3 is 2.75 bits per heavy atom. The van der Waals surface area contributed by atoms with E-state index in [0.717, 1.165) is 23.5 Å². The van der Waals surface area contributed by atoms with Gasteiger partial charge in [0.15, 0.2) is 5.13 Å². The second-order valence-corrected chi connectivity index (χ2v) is 6.66. The zero-order valence-corrected chi connectivity index (χ0v) is 14.0. The van der Waals surface area contributed by atoms with E-state index in [9.17, 15) is 0 Å². The lowest BCUT2D eigenvalue weighted by Gasteiger charge is -2.03. The van der Waals surface area contributed by atoms with Crippen LogP contribution in [0.25, 0.3) is 21.2 Å². The molecule has 0 amide bonds. The summed E-state index contributed by atoms with van der Waals surface area (Å²) in [6.07, 6.45) is 6.66. The highest BCUT2D eigenvalue weighted by Gasteiger charge is 2.05. The predicted octanol–water partition coefficient (Wildman–Crippen LogP) is 5.01. The SMILES string of the molecule is c1ccc(CCNc2ncc(-c3ccc4cnccc4c3)s2)cc1. The third-order valence-corrected chi connectivity index (χ3v) is 4.97. The molecule has 0 bridgehead atoms. The molecule has 0 radical (unpaired) electrons. The van der Waals surface area contributed by atoms with Gasteiger partial charge in [0.1, 0.15) is 0 Å². The molecule has 0 saturated heterocycles. The molecule has 1 N–H and O–H groups in total. The van der Waals surface area contributed by atoms with Crippen LogP contribution >= 0.6 is 11.3 Å². The summed E-state index contributed by atoms with van der Waals surface area (Å²) in [6.45, 7) is 0.889. The number of rotatable bonds is 5. The molecule has 0 saturated carbocycles. The van der Waals surface area contributed by atoms with E-state index in [4.69, 9.17) is 0 Å². The first-order valence-electron chi connectivity index (χ1n) is 7.96. The van der Waals surface area contributed by atoms with Crippen molar-refractivity contribution in [3.63, 3.8) is 0 Å². The largest absolute Gasteiger partial charge is 0.361 e. The Kier molecular flexibility index (Phi) is 4.21. The van der Waals surface area contributed by atoms with Crippen molar-refractivity contribution in [3.8, 4) is 10.4 Å². The van der Waals surface area contributed by atoms with Crippen molar-refractivity contribution in [2.24, 2.45) is 0 Å². The summed E-state index contributed by atoms with van der Waals surface area (Å²) in [5, 5.41) is 6.75. The van der Waals surface area contributed by atoms with Gasteiger partial charge in [-0.2, -0.15) is 0 Å². The van der Waals surface area contributed by atoms with Crippen molar-refractivity contribution in [3.05, 3.63) is 78.8 Å². The fourth-order valence-electron chi connectivity index (χ4n) is 2.68. The molecule has 0 spiro atoms. The van der Waals surface area contributed by atoms with Crippen molar-refractivity contribution in [2.45, 2.75) is 6.42 Å². The Morgan fingerprint density at radius 1 is 0.917 bits per heavy atom. The minimum absolute atomic E-state index is 0.889. The van der Waals surface area contributed by atoms with Gasteiger partial charge in [0.05, 0.1) is 4.88 Å². The van der Waals surface area contributed by atoms with Crippen LogP contribution in [0, 0.1) is 0 Å². The van der Waals surface area contributed by atoms with Gasteiger partial charge in [0, 0.05) is 30.5 Å². The number of hydrogen-bond donors (Lipinski definition) is 1.